The molecule has 0 aromatic rings. The molecule has 0 radical (unpaired) electrons. The summed E-state index contributed by atoms with van der Waals surface area (Å²) in [6.07, 6.45) is 5.66. The van der Waals surface area contributed by atoms with Crippen LogP contribution in [0.3, 0.4) is 0 Å². The molecule has 1 aliphatic carbocycles. The van der Waals surface area contributed by atoms with E-state index in [4.69, 9.17) is 5.73 Å². The van der Waals surface area contributed by atoms with Crippen molar-refractivity contribution in [3.63, 3.8) is 0 Å². The molecule has 2 nitrogen and oxygen atoms in total. The van der Waals surface area contributed by atoms with Gasteiger partial charge in [-0.2, -0.15) is 0 Å². The summed E-state index contributed by atoms with van der Waals surface area (Å²) in [7, 11) is 2.20. The monoisotopic (exact) mass is 198 g/mol. The third-order valence-electron chi connectivity index (χ3n) is 3.59. The van der Waals surface area contributed by atoms with Crippen LogP contribution in [0.5, 0.6) is 0 Å². The highest BCUT2D eigenvalue weighted by molar-refractivity contribution is 4.90. The van der Waals surface area contributed by atoms with Crippen molar-refractivity contribution in [2.24, 2.45) is 17.6 Å². The number of nitrogens with zero attached hydrogens (tertiary/aromatic N) is 1. The minimum atomic E-state index is 0.453. The lowest BCUT2D eigenvalue weighted by atomic mass is 9.73. The smallest absolute Gasteiger partial charge is 0.0199 e. The Balaban J connectivity index is 0.000000461. The Kier molecular flexibility index (Phi) is 4.90. The van der Waals surface area contributed by atoms with Crippen molar-refractivity contribution in [2.75, 3.05) is 20.1 Å². The van der Waals surface area contributed by atoms with E-state index in [0.29, 0.717) is 6.04 Å². The fraction of sp³-hybridized carbons (Fsp3) is 1.00. The molecule has 0 spiro atoms. The van der Waals surface area contributed by atoms with E-state index < -0.39 is 0 Å². The molecule has 3 unspecified atom stereocenters. The Labute approximate surface area is 88.8 Å². The van der Waals surface area contributed by atoms with Crippen molar-refractivity contribution < 1.29 is 0 Å². The van der Waals surface area contributed by atoms with E-state index in [1.807, 2.05) is 13.8 Å². The van der Waals surface area contributed by atoms with Crippen molar-refractivity contribution in [1.82, 2.24) is 4.90 Å². The molecular formula is C12H26N2. The van der Waals surface area contributed by atoms with E-state index in [9.17, 15) is 0 Å². The van der Waals surface area contributed by atoms with Crippen LogP contribution in [0.15, 0.2) is 0 Å². The molecular weight excluding hydrogens is 172 g/mol. The third-order valence-corrected chi connectivity index (χ3v) is 3.59. The van der Waals surface area contributed by atoms with Crippen molar-refractivity contribution in [3.8, 4) is 0 Å². The SMILES string of the molecule is CC.CN1CC(N)C2CCCCC2C1. The topological polar surface area (TPSA) is 29.3 Å². The first-order valence-corrected chi connectivity index (χ1v) is 6.21. The molecule has 2 aliphatic rings. The average Bonchev–Trinajstić information content (AvgIpc) is 2.20. The summed E-state index contributed by atoms with van der Waals surface area (Å²) in [5.74, 6) is 1.75. The number of hydrogen-bond donors (Lipinski definition) is 1. The van der Waals surface area contributed by atoms with Gasteiger partial charge >= 0.3 is 0 Å². The zero-order valence-electron chi connectivity index (χ0n) is 10.00. The van der Waals surface area contributed by atoms with Gasteiger partial charge in [0.05, 0.1) is 0 Å². The van der Waals surface area contributed by atoms with Crippen LogP contribution in [-0.2, 0) is 0 Å². The van der Waals surface area contributed by atoms with Gasteiger partial charge in [0.25, 0.3) is 0 Å². The summed E-state index contributed by atoms with van der Waals surface area (Å²) >= 11 is 0. The molecule has 0 bridgehead atoms. The zero-order chi connectivity index (χ0) is 10.6. The maximum absolute atomic E-state index is 6.14. The maximum atomic E-state index is 6.14. The van der Waals surface area contributed by atoms with E-state index in [2.05, 4.69) is 11.9 Å². The van der Waals surface area contributed by atoms with E-state index in [0.717, 1.165) is 18.4 Å². The van der Waals surface area contributed by atoms with E-state index in [1.165, 1.54) is 32.2 Å². The predicted molar refractivity (Wildman–Crippen MR) is 62.3 cm³/mol. The molecule has 14 heavy (non-hydrogen) atoms. The Hall–Kier alpha value is -0.0800. The Morgan fingerprint density at radius 3 is 2.43 bits per heavy atom. The van der Waals surface area contributed by atoms with Crippen LogP contribution in [0.1, 0.15) is 39.5 Å². The fourth-order valence-corrected chi connectivity index (χ4v) is 3.00. The summed E-state index contributed by atoms with van der Waals surface area (Å²) in [4.78, 5) is 2.40. The van der Waals surface area contributed by atoms with Crippen LogP contribution in [0.25, 0.3) is 0 Å². The van der Waals surface area contributed by atoms with E-state index in [1.54, 1.807) is 0 Å². The van der Waals surface area contributed by atoms with Crippen LogP contribution in [0.2, 0.25) is 0 Å². The molecule has 1 heterocycles. The van der Waals surface area contributed by atoms with Gasteiger partial charge in [0.2, 0.25) is 0 Å². The third kappa shape index (κ3) is 2.71. The summed E-state index contributed by atoms with van der Waals surface area (Å²) in [5.41, 5.74) is 6.14. The Morgan fingerprint density at radius 1 is 1.07 bits per heavy atom. The second-order valence-electron chi connectivity index (χ2n) is 4.59. The minimum Gasteiger partial charge on any atom is -0.326 e. The molecule has 3 atom stereocenters. The van der Waals surface area contributed by atoms with Crippen LogP contribution in [0, 0.1) is 11.8 Å². The summed E-state index contributed by atoms with van der Waals surface area (Å²) in [6.45, 7) is 6.40. The normalized spacial score (nSPS) is 38.1. The fourth-order valence-electron chi connectivity index (χ4n) is 3.00. The Morgan fingerprint density at radius 2 is 1.71 bits per heavy atom. The highest BCUT2D eigenvalue weighted by atomic mass is 15.1. The summed E-state index contributed by atoms with van der Waals surface area (Å²) in [6, 6.07) is 0.453. The number of nitrogens with two attached hydrogens (primary N) is 1. The second-order valence-corrected chi connectivity index (χ2v) is 4.59. The minimum absolute atomic E-state index is 0.453. The summed E-state index contributed by atoms with van der Waals surface area (Å²) in [5, 5.41) is 0. The average molecular weight is 198 g/mol. The molecule has 1 saturated heterocycles. The largest absolute Gasteiger partial charge is 0.326 e. The molecule has 2 rings (SSSR count). The first-order chi connectivity index (χ1) is 6.77. The van der Waals surface area contributed by atoms with Crippen molar-refractivity contribution >= 4 is 0 Å². The van der Waals surface area contributed by atoms with Gasteiger partial charge in [-0.25, -0.2) is 0 Å². The quantitative estimate of drug-likeness (QED) is 0.646. The second kappa shape index (κ2) is 5.72. The van der Waals surface area contributed by atoms with Gasteiger partial charge in [-0.3, -0.25) is 0 Å². The number of likely N-dealkylation sites (tertiary alicyclic amines) is 1. The number of hydrogen-bond acceptors (Lipinski definition) is 2. The molecule has 0 aromatic heterocycles. The van der Waals surface area contributed by atoms with E-state index in [-0.39, 0.29) is 0 Å². The maximum Gasteiger partial charge on any atom is 0.0199 e. The molecule has 84 valence electrons. The highest BCUT2D eigenvalue weighted by Crippen LogP contribution is 2.34. The van der Waals surface area contributed by atoms with Gasteiger partial charge in [-0.1, -0.05) is 26.7 Å². The molecule has 0 aromatic carbocycles. The number of rotatable bonds is 0. The zero-order valence-corrected chi connectivity index (χ0v) is 10.00. The lowest BCUT2D eigenvalue weighted by Crippen LogP contribution is -2.52. The van der Waals surface area contributed by atoms with Gasteiger partial charge in [0.15, 0.2) is 0 Å². The Bertz CT molecular complexity index is 158. The summed E-state index contributed by atoms with van der Waals surface area (Å²) < 4.78 is 0. The van der Waals surface area contributed by atoms with E-state index >= 15 is 0 Å². The van der Waals surface area contributed by atoms with Crippen molar-refractivity contribution in [1.29, 1.82) is 0 Å². The van der Waals surface area contributed by atoms with Crippen LogP contribution >= 0.6 is 0 Å². The number of likely N-dealkylation sites (N-methyl/N-ethyl adjacent to an activating group) is 1. The van der Waals surface area contributed by atoms with Gasteiger partial charge in [0.1, 0.15) is 0 Å². The standard InChI is InChI=1S/C10H20N2.C2H6/c1-12-6-8-4-2-3-5-9(8)10(11)7-12;1-2/h8-10H,2-7,11H2,1H3;1-2H3. The van der Waals surface area contributed by atoms with Gasteiger partial charge < -0.3 is 10.6 Å². The molecule has 0 amide bonds. The van der Waals surface area contributed by atoms with Gasteiger partial charge in [0, 0.05) is 19.1 Å². The van der Waals surface area contributed by atoms with Crippen molar-refractivity contribution in [2.45, 2.75) is 45.6 Å². The number of piperidine rings is 1. The van der Waals surface area contributed by atoms with Gasteiger partial charge in [-0.05, 0) is 31.7 Å². The lowest BCUT2D eigenvalue weighted by molar-refractivity contribution is 0.0845. The first kappa shape index (κ1) is 12.0. The first-order valence-electron chi connectivity index (χ1n) is 6.21. The molecule has 2 heteroatoms. The van der Waals surface area contributed by atoms with Gasteiger partial charge in [-0.15, -0.1) is 0 Å². The molecule has 1 aliphatic heterocycles. The van der Waals surface area contributed by atoms with Crippen LogP contribution < -0.4 is 5.73 Å². The van der Waals surface area contributed by atoms with Crippen LogP contribution in [0.4, 0.5) is 0 Å². The van der Waals surface area contributed by atoms with Crippen LogP contribution in [-0.4, -0.2) is 31.1 Å². The highest BCUT2D eigenvalue weighted by Gasteiger charge is 2.34. The number of fused-ring (bicyclic) bond motifs is 1. The van der Waals surface area contributed by atoms with Crippen molar-refractivity contribution in [3.05, 3.63) is 0 Å². The molecule has 2 fully saturated rings. The molecule has 1 saturated carbocycles. The molecule has 2 N–H and O–H groups in total. The lowest BCUT2D eigenvalue weighted by Gasteiger charge is -2.43. The predicted octanol–water partition coefficient (Wildman–Crippen LogP) is 2.09.